The number of amides is 1. The third-order valence-corrected chi connectivity index (χ3v) is 4.98. The van der Waals surface area contributed by atoms with Crippen LogP contribution < -0.4 is 15.4 Å². The van der Waals surface area contributed by atoms with Crippen LogP contribution in [0.3, 0.4) is 0 Å². The number of fused-ring (bicyclic) bond motifs is 3. The molecule has 0 unspecified atom stereocenters. The van der Waals surface area contributed by atoms with Crippen molar-refractivity contribution in [2.75, 3.05) is 18.5 Å². The number of carbonyl (C=O) groups excluding carboxylic acids is 2. The summed E-state index contributed by atoms with van der Waals surface area (Å²) in [6.07, 6.45) is 0.836. The molecule has 6 nitrogen and oxygen atoms in total. The zero-order valence-electron chi connectivity index (χ0n) is 15.7. The highest BCUT2D eigenvalue weighted by molar-refractivity contribution is 6.07. The molecule has 1 aliphatic heterocycles. The number of carbonyl (C=O) groups is 2. The van der Waals surface area contributed by atoms with Gasteiger partial charge < -0.3 is 20.4 Å². The Balaban J connectivity index is 1.47. The number of hydrogen-bond acceptors (Lipinski definition) is 4. The van der Waals surface area contributed by atoms with E-state index >= 15 is 0 Å². The number of aromatic nitrogens is 1. The smallest absolute Gasteiger partial charge is 0.226 e. The van der Waals surface area contributed by atoms with Crippen LogP contribution in [0.15, 0.2) is 48.5 Å². The van der Waals surface area contributed by atoms with Crippen LogP contribution in [0.2, 0.25) is 0 Å². The molecule has 0 bridgehead atoms. The highest BCUT2D eigenvalue weighted by Gasteiger charge is 2.29. The van der Waals surface area contributed by atoms with Crippen molar-refractivity contribution in [3.63, 3.8) is 0 Å². The Hall–Kier alpha value is -3.12. The summed E-state index contributed by atoms with van der Waals surface area (Å²) < 4.78 is 5.40. The summed E-state index contributed by atoms with van der Waals surface area (Å²) in [4.78, 5) is 28.8. The fraction of sp³-hybridized carbons (Fsp3) is 0.273. The van der Waals surface area contributed by atoms with Gasteiger partial charge in [-0.15, -0.1) is 0 Å². The fourth-order valence-electron chi connectivity index (χ4n) is 3.67. The number of anilines is 1. The largest absolute Gasteiger partial charge is 0.494 e. The summed E-state index contributed by atoms with van der Waals surface area (Å²) in [6.45, 7) is 3.17. The first-order valence-electron chi connectivity index (χ1n) is 9.55. The maximum absolute atomic E-state index is 13.0. The van der Waals surface area contributed by atoms with Crippen LogP contribution in [0.4, 0.5) is 5.69 Å². The molecular weight excluding hydrogens is 354 g/mol. The minimum atomic E-state index is -0.544. The number of ether oxygens (including phenoxy) is 1. The van der Waals surface area contributed by atoms with E-state index in [-0.39, 0.29) is 18.1 Å². The van der Waals surface area contributed by atoms with Gasteiger partial charge >= 0.3 is 0 Å². The molecule has 0 spiro atoms. The molecule has 3 aromatic rings. The second kappa shape index (κ2) is 7.86. The Kier molecular flexibility index (Phi) is 5.12. The number of H-pyrrole nitrogens is 1. The maximum Gasteiger partial charge on any atom is 0.226 e. The Morgan fingerprint density at radius 2 is 1.96 bits per heavy atom. The number of ketones is 1. The van der Waals surface area contributed by atoms with E-state index in [0.29, 0.717) is 24.5 Å². The third kappa shape index (κ3) is 3.64. The third-order valence-electron chi connectivity index (χ3n) is 4.98. The number of para-hydroxylation sites is 1. The number of benzene rings is 2. The minimum absolute atomic E-state index is 0.0643. The van der Waals surface area contributed by atoms with E-state index in [1.807, 2.05) is 43.3 Å². The molecule has 1 aromatic heterocycles. The van der Waals surface area contributed by atoms with Crippen molar-refractivity contribution in [1.29, 1.82) is 0 Å². The zero-order valence-corrected chi connectivity index (χ0v) is 15.7. The molecule has 2 aromatic carbocycles. The number of hydrogen-bond donors (Lipinski definition) is 3. The van der Waals surface area contributed by atoms with Gasteiger partial charge in [-0.2, -0.15) is 0 Å². The zero-order chi connectivity index (χ0) is 19.5. The summed E-state index contributed by atoms with van der Waals surface area (Å²) in [5.74, 6) is 0.493. The first-order chi connectivity index (χ1) is 13.7. The summed E-state index contributed by atoms with van der Waals surface area (Å²) in [7, 11) is 0. The summed E-state index contributed by atoms with van der Waals surface area (Å²) in [5, 5.41) is 7.15. The topological polar surface area (TPSA) is 83.2 Å². The molecule has 1 atom stereocenters. The SMILES string of the molecule is CCOc1ccc(NC(=O)C[C@@H]2NCCc3c([nH]c4ccccc34)C2=O)cc1. The van der Waals surface area contributed by atoms with Crippen LogP contribution in [0, 0.1) is 0 Å². The monoisotopic (exact) mass is 377 g/mol. The van der Waals surface area contributed by atoms with Crippen molar-refractivity contribution in [1.82, 2.24) is 10.3 Å². The lowest BCUT2D eigenvalue weighted by Crippen LogP contribution is -2.39. The van der Waals surface area contributed by atoms with E-state index in [9.17, 15) is 9.59 Å². The van der Waals surface area contributed by atoms with Gasteiger partial charge in [0.1, 0.15) is 5.75 Å². The molecule has 0 aliphatic carbocycles. The van der Waals surface area contributed by atoms with Gasteiger partial charge in [-0.05, 0) is 55.8 Å². The quantitative estimate of drug-likeness (QED) is 0.637. The summed E-state index contributed by atoms with van der Waals surface area (Å²) >= 11 is 0. The van der Waals surface area contributed by atoms with Gasteiger partial charge in [-0.3, -0.25) is 9.59 Å². The first kappa shape index (κ1) is 18.3. The molecule has 4 rings (SSSR count). The second-order valence-electron chi connectivity index (χ2n) is 6.85. The van der Waals surface area contributed by atoms with Crippen molar-refractivity contribution >= 4 is 28.3 Å². The van der Waals surface area contributed by atoms with Gasteiger partial charge in [0, 0.05) is 23.0 Å². The van der Waals surface area contributed by atoms with E-state index in [2.05, 4.69) is 15.6 Å². The lowest BCUT2D eigenvalue weighted by atomic mass is 10.0. The van der Waals surface area contributed by atoms with E-state index in [0.717, 1.165) is 28.6 Å². The molecule has 0 saturated carbocycles. The van der Waals surface area contributed by atoms with Gasteiger partial charge in [-0.25, -0.2) is 0 Å². The van der Waals surface area contributed by atoms with Crippen molar-refractivity contribution in [2.45, 2.75) is 25.8 Å². The standard InChI is InChI=1S/C22H23N3O3/c1-2-28-15-9-7-14(8-10-15)24-20(26)13-19-22(27)21-17(11-12-23-19)16-5-3-4-6-18(16)25-21/h3-10,19,23,25H,2,11-13H2,1H3,(H,24,26)/t19-/m0/s1. The normalized spacial score (nSPS) is 16.5. The van der Waals surface area contributed by atoms with Crippen LogP contribution in [-0.2, 0) is 11.2 Å². The molecule has 2 heterocycles. The predicted molar refractivity (Wildman–Crippen MR) is 109 cm³/mol. The molecule has 6 heteroatoms. The fourth-order valence-corrected chi connectivity index (χ4v) is 3.67. The van der Waals surface area contributed by atoms with Crippen molar-refractivity contribution in [3.8, 4) is 5.75 Å². The number of Topliss-reactive ketones (excluding diaryl/α,β-unsaturated/α-hetero) is 1. The average Bonchev–Trinajstić information content (AvgIpc) is 3.00. The molecule has 28 heavy (non-hydrogen) atoms. The van der Waals surface area contributed by atoms with E-state index in [1.54, 1.807) is 12.1 Å². The van der Waals surface area contributed by atoms with E-state index in [4.69, 9.17) is 4.74 Å². The van der Waals surface area contributed by atoms with Crippen molar-refractivity contribution < 1.29 is 14.3 Å². The van der Waals surface area contributed by atoms with Crippen molar-refractivity contribution in [3.05, 3.63) is 59.8 Å². The molecular formula is C22H23N3O3. The highest BCUT2D eigenvalue weighted by atomic mass is 16.5. The van der Waals surface area contributed by atoms with Crippen LogP contribution in [-0.4, -0.2) is 35.9 Å². The Morgan fingerprint density at radius 1 is 1.18 bits per heavy atom. The Labute approximate surface area is 163 Å². The molecule has 1 amide bonds. The van der Waals surface area contributed by atoms with E-state index < -0.39 is 6.04 Å². The Bertz CT molecular complexity index is 1010. The summed E-state index contributed by atoms with van der Waals surface area (Å²) in [5.41, 5.74) is 3.29. The van der Waals surface area contributed by atoms with Crippen LogP contribution in [0.5, 0.6) is 5.75 Å². The van der Waals surface area contributed by atoms with Gasteiger partial charge in [-0.1, -0.05) is 18.2 Å². The van der Waals surface area contributed by atoms with Crippen molar-refractivity contribution in [2.24, 2.45) is 0 Å². The molecule has 0 fully saturated rings. The maximum atomic E-state index is 13.0. The summed E-state index contributed by atoms with van der Waals surface area (Å²) in [6, 6.07) is 14.6. The number of aromatic amines is 1. The molecule has 0 saturated heterocycles. The van der Waals surface area contributed by atoms with Crippen LogP contribution >= 0.6 is 0 Å². The van der Waals surface area contributed by atoms with Crippen LogP contribution in [0.1, 0.15) is 29.4 Å². The number of rotatable bonds is 5. The molecule has 3 N–H and O–H groups in total. The lowest BCUT2D eigenvalue weighted by Gasteiger charge is -2.14. The predicted octanol–water partition coefficient (Wildman–Crippen LogP) is 3.29. The average molecular weight is 377 g/mol. The highest BCUT2D eigenvalue weighted by Crippen LogP contribution is 2.26. The van der Waals surface area contributed by atoms with Gasteiger partial charge in [0.2, 0.25) is 5.91 Å². The van der Waals surface area contributed by atoms with Gasteiger partial charge in [0.05, 0.1) is 18.3 Å². The van der Waals surface area contributed by atoms with Gasteiger partial charge in [0.25, 0.3) is 0 Å². The molecule has 144 valence electrons. The molecule has 1 aliphatic rings. The minimum Gasteiger partial charge on any atom is -0.494 e. The lowest BCUT2D eigenvalue weighted by molar-refractivity contribution is -0.116. The first-order valence-corrected chi connectivity index (χ1v) is 9.55. The van der Waals surface area contributed by atoms with Gasteiger partial charge in [0.15, 0.2) is 5.78 Å². The van der Waals surface area contributed by atoms with Crippen LogP contribution in [0.25, 0.3) is 10.9 Å². The second-order valence-corrected chi connectivity index (χ2v) is 6.85. The number of nitrogens with one attached hydrogen (secondary N) is 3. The van der Waals surface area contributed by atoms with E-state index in [1.165, 1.54) is 0 Å². The Morgan fingerprint density at radius 3 is 2.75 bits per heavy atom. The molecule has 0 radical (unpaired) electrons.